The smallest absolute Gasteiger partial charge is 0.343 e. The number of halogens is 1. The molecule has 0 heterocycles. The molecule has 3 aromatic rings. The second kappa shape index (κ2) is 12.2. The molecule has 0 aliphatic heterocycles. The maximum atomic E-state index is 12.3. The maximum absolute atomic E-state index is 12.3. The van der Waals surface area contributed by atoms with Gasteiger partial charge in [0.15, 0.2) is 0 Å². The summed E-state index contributed by atoms with van der Waals surface area (Å²) in [5.41, 5.74) is 3.42. The predicted molar refractivity (Wildman–Crippen MR) is 131 cm³/mol. The largest absolute Gasteiger partial charge is 0.423 e. The first-order valence-electron chi connectivity index (χ1n) is 10.2. The van der Waals surface area contributed by atoms with Crippen molar-refractivity contribution < 1.29 is 24.0 Å². The zero-order chi connectivity index (χ0) is 25.2. The van der Waals surface area contributed by atoms with Gasteiger partial charge in [0.1, 0.15) is 5.75 Å². The normalized spacial score (nSPS) is 10.5. The Morgan fingerprint density at radius 2 is 1.77 bits per heavy atom. The summed E-state index contributed by atoms with van der Waals surface area (Å²) in [5, 5.41) is 17.2. The van der Waals surface area contributed by atoms with E-state index >= 15 is 0 Å². The van der Waals surface area contributed by atoms with Gasteiger partial charge < -0.3 is 10.1 Å². The van der Waals surface area contributed by atoms with E-state index in [1.165, 1.54) is 36.5 Å². The Bertz CT molecular complexity index is 1280. The van der Waals surface area contributed by atoms with Crippen LogP contribution in [0, 0.1) is 10.1 Å². The number of hydrogen-bond acceptors (Lipinski definition) is 7. The third-order valence-corrected chi connectivity index (χ3v) is 5.23. The fraction of sp³-hybridized carbons (Fsp3) is 0.0833. The first kappa shape index (κ1) is 25.2. The van der Waals surface area contributed by atoms with Crippen LogP contribution < -0.4 is 15.5 Å². The van der Waals surface area contributed by atoms with E-state index in [9.17, 15) is 24.5 Å². The first-order chi connectivity index (χ1) is 16.8. The number of non-ortho nitro benzene ring substituents is 1. The molecule has 0 aromatic heterocycles. The number of ether oxygens (including phenoxy) is 1. The van der Waals surface area contributed by atoms with Crippen LogP contribution in [-0.2, 0) is 4.79 Å². The third kappa shape index (κ3) is 7.57. The minimum atomic E-state index is -0.674. The Kier molecular flexibility index (Phi) is 8.79. The SMILES string of the molecule is O=C(CCNC(=O)c1ccccc1Br)NN=Cc1cccc(OC(=O)c2ccc([N+](=O)[O-])cc2)c1. The Morgan fingerprint density at radius 1 is 1.03 bits per heavy atom. The van der Waals surface area contributed by atoms with E-state index in [1.54, 1.807) is 42.5 Å². The van der Waals surface area contributed by atoms with Crippen LogP contribution in [0.5, 0.6) is 5.75 Å². The molecule has 178 valence electrons. The number of nitro groups is 1. The topological polar surface area (TPSA) is 140 Å². The summed E-state index contributed by atoms with van der Waals surface area (Å²) in [6, 6.07) is 18.4. The van der Waals surface area contributed by atoms with E-state index in [0.29, 0.717) is 15.6 Å². The van der Waals surface area contributed by atoms with Crippen molar-refractivity contribution in [2.75, 3.05) is 6.54 Å². The van der Waals surface area contributed by atoms with Gasteiger partial charge in [0.25, 0.3) is 11.6 Å². The van der Waals surface area contributed by atoms with Crippen molar-refractivity contribution in [1.29, 1.82) is 0 Å². The lowest BCUT2D eigenvalue weighted by atomic mass is 10.2. The number of esters is 1. The highest BCUT2D eigenvalue weighted by molar-refractivity contribution is 9.10. The van der Waals surface area contributed by atoms with E-state index in [1.807, 2.05) is 0 Å². The highest BCUT2D eigenvalue weighted by Gasteiger charge is 2.12. The van der Waals surface area contributed by atoms with E-state index in [-0.39, 0.29) is 35.9 Å². The number of carbonyl (C=O) groups is 3. The van der Waals surface area contributed by atoms with Gasteiger partial charge in [-0.15, -0.1) is 0 Å². The van der Waals surface area contributed by atoms with E-state index in [4.69, 9.17) is 4.74 Å². The summed E-state index contributed by atoms with van der Waals surface area (Å²) in [6.45, 7) is 0.135. The van der Waals surface area contributed by atoms with Crippen LogP contribution in [-0.4, -0.2) is 35.5 Å². The number of nitrogens with one attached hydrogen (secondary N) is 2. The molecule has 0 bridgehead atoms. The van der Waals surface area contributed by atoms with Gasteiger partial charge in [-0.2, -0.15) is 5.10 Å². The van der Waals surface area contributed by atoms with E-state index in [2.05, 4.69) is 31.8 Å². The van der Waals surface area contributed by atoms with E-state index < -0.39 is 16.8 Å². The second-order valence-corrected chi connectivity index (χ2v) is 7.90. The number of rotatable bonds is 9. The molecule has 3 aromatic carbocycles. The highest BCUT2D eigenvalue weighted by atomic mass is 79.9. The minimum Gasteiger partial charge on any atom is -0.423 e. The average Bonchev–Trinajstić information content (AvgIpc) is 2.84. The van der Waals surface area contributed by atoms with Gasteiger partial charge >= 0.3 is 5.97 Å². The summed E-state index contributed by atoms with van der Waals surface area (Å²) >= 11 is 3.30. The average molecular weight is 539 g/mol. The van der Waals surface area contributed by atoms with Crippen LogP contribution in [0.2, 0.25) is 0 Å². The molecule has 0 aliphatic rings. The van der Waals surface area contributed by atoms with Crippen LogP contribution in [0.3, 0.4) is 0 Å². The number of benzene rings is 3. The molecule has 0 saturated heterocycles. The monoisotopic (exact) mass is 538 g/mol. The molecule has 0 atom stereocenters. The summed E-state index contributed by atoms with van der Waals surface area (Å²) in [5.74, 6) is -1.13. The highest BCUT2D eigenvalue weighted by Crippen LogP contribution is 2.17. The number of carbonyl (C=O) groups excluding carboxylic acids is 3. The molecule has 0 radical (unpaired) electrons. The molecule has 10 nitrogen and oxygen atoms in total. The molecule has 2 amide bonds. The number of hydrazone groups is 1. The van der Waals surface area contributed by atoms with Gasteiger partial charge in [-0.05, 0) is 57.9 Å². The fourth-order valence-corrected chi connectivity index (χ4v) is 3.27. The number of nitrogens with zero attached hydrogens (tertiary/aromatic N) is 2. The standard InChI is InChI=1S/C24H19BrN4O6/c25-21-7-2-1-6-20(21)23(31)26-13-12-22(30)28-27-15-16-4-3-5-19(14-16)35-24(32)17-8-10-18(11-9-17)29(33)34/h1-11,14-15H,12-13H2,(H,26,31)(H,28,30). The van der Waals surface area contributed by atoms with Gasteiger partial charge in [0.05, 0.1) is 22.3 Å². The Morgan fingerprint density at radius 3 is 2.49 bits per heavy atom. The number of amides is 2. The van der Waals surface area contributed by atoms with Crippen LogP contribution >= 0.6 is 15.9 Å². The maximum Gasteiger partial charge on any atom is 0.343 e. The van der Waals surface area contributed by atoms with E-state index in [0.717, 1.165) is 0 Å². The molecule has 0 fully saturated rings. The summed E-state index contributed by atoms with van der Waals surface area (Å²) in [4.78, 5) is 46.5. The molecule has 11 heteroatoms. The van der Waals surface area contributed by atoms with Gasteiger partial charge in [-0.3, -0.25) is 19.7 Å². The fourth-order valence-electron chi connectivity index (χ4n) is 2.81. The van der Waals surface area contributed by atoms with Gasteiger partial charge in [0, 0.05) is 29.6 Å². The van der Waals surface area contributed by atoms with Crippen LogP contribution in [0.1, 0.15) is 32.7 Å². The zero-order valence-corrected chi connectivity index (χ0v) is 19.7. The lowest BCUT2D eigenvalue weighted by Gasteiger charge is -2.06. The van der Waals surface area contributed by atoms with Gasteiger partial charge in [-0.1, -0.05) is 24.3 Å². The number of nitro benzene ring substituents is 1. The van der Waals surface area contributed by atoms with Crippen molar-refractivity contribution in [2.24, 2.45) is 5.10 Å². The first-order valence-corrected chi connectivity index (χ1v) is 11.0. The quantitative estimate of drug-likeness (QED) is 0.139. The Labute approximate surface area is 208 Å². The molecular formula is C24H19BrN4O6. The zero-order valence-electron chi connectivity index (χ0n) is 18.1. The summed E-state index contributed by atoms with van der Waals surface area (Å²) in [6.07, 6.45) is 1.40. The lowest BCUT2D eigenvalue weighted by Crippen LogP contribution is -2.29. The summed E-state index contributed by atoms with van der Waals surface area (Å²) < 4.78 is 5.95. The van der Waals surface area contributed by atoms with Crippen molar-refractivity contribution >= 4 is 45.6 Å². The van der Waals surface area contributed by atoms with Crippen molar-refractivity contribution in [3.8, 4) is 5.75 Å². The van der Waals surface area contributed by atoms with Crippen LogP contribution in [0.25, 0.3) is 0 Å². The van der Waals surface area contributed by atoms with Crippen LogP contribution in [0.15, 0.2) is 82.4 Å². The Balaban J connectivity index is 1.46. The molecule has 0 unspecified atom stereocenters. The minimum absolute atomic E-state index is 0.0282. The van der Waals surface area contributed by atoms with Crippen LogP contribution in [0.4, 0.5) is 5.69 Å². The third-order valence-electron chi connectivity index (χ3n) is 4.54. The molecule has 35 heavy (non-hydrogen) atoms. The molecule has 0 saturated carbocycles. The van der Waals surface area contributed by atoms with Crippen molar-refractivity contribution in [2.45, 2.75) is 6.42 Å². The van der Waals surface area contributed by atoms with Crippen molar-refractivity contribution in [3.05, 3.63) is 104 Å². The second-order valence-electron chi connectivity index (χ2n) is 7.04. The predicted octanol–water partition coefficient (Wildman–Crippen LogP) is 3.85. The molecular weight excluding hydrogens is 520 g/mol. The van der Waals surface area contributed by atoms with Gasteiger partial charge in [0.2, 0.25) is 5.91 Å². The number of hydrogen-bond donors (Lipinski definition) is 2. The lowest BCUT2D eigenvalue weighted by molar-refractivity contribution is -0.384. The molecule has 2 N–H and O–H groups in total. The van der Waals surface area contributed by atoms with Crippen molar-refractivity contribution in [3.63, 3.8) is 0 Å². The van der Waals surface area contributed by atoms with Crippen molar-refractivity contribution in [1.82, 2.24) is 10.7 Å². The molecule has 0 aliphatic carbocycles. The molecule has 3 rings (SSSR count). The summed E-state index contributed by atoms with van der Waals surface area (Å²) in [7, 11) is 0. The molecule has 0 spiro atoms. The van der Waals surface area contributed by atoms with Gasteiger partial charge in [-0.25, -0.2) is 10.2 Å². The Hall–Kier alpha value is -4.38.